The van der Waals surface area contributed by atoms with Crippen LogP contribution in [-0.4, -0.2) is 36.1 Å². The molecule has 2 aromatic rings. The highest BCUT2D eigenvalue weighted by Gasteiger charge is 2.33. The summed E-state index contributed by atoms with van der Waals surface area (Å²) < 4.78 is 0. The van der Waals surface area contributed by atoms with Crippen molar-refractivity contribution in [2.45, 2.75) is 25.3 Å². The fourth-order valence-corrected chi connectivity index (χ4v) is 3.55. The zero-order valence-electron chi connectivity index (χ0n) is 13.0. The SMILES string of the molecule is CNC1CN(c2nc(N)nc3c2CC(C)c2ccccc2-3)C1. The molecule has 0 spiro atoms. The molecule has 1 saturated heterocycles. The number of anilines is 2. The third-order valence-electron chi connectivity index (χ3n) is 4.85. The molecule has 1 aromatic heterocycles. The maximum absolute atomic E-state index is 5.99. The first-order chi connectivity index (χ1) is 10.7. The third-order valence-corrected chi connectivity index (χ3v) is 4.85. The molecule has 0 radical (unpaired) electrons. The Kier molecular flexibility index (Phi) is 3.04. The summed E-state index contributed by atoms with van der Waals surface area (Å²) in [6.07, 6.45) is 0.975. The number of rotatable bonds is 2. The number of fused-ring (bicyclic) bond motifs is 3. The molecule has 22 heavy (non-hydrogen) atoms. The highest BCUT2D eigenvalue weighted by Crippen LogP contribution is 2.42. The van der Waals surface area contributed by atoms with Crippen LogP contribution in [0.25, 0.3) is 11.3 Å². The van der Waals surface area contributed by atoms with Crippen LogP contribution in [0, 0.1) is 0 Å². The van der Waals surface area contributed by atoms with Gasteiger partial charge in [0, 0.05) is 30.3 Å². The van der Waals surface area contributed by atoms with E-state index in [2.05, 4.69) is 51.4 Å². The number of likely N-dealkylation sites (N-methyl/N-ethyl adjacent to an activating group) is 1. The lowest BCUT2D eigenvalue weighted by Crippen LogP contribution is -2.57. The number of nitrogens with one attached hydrogen (secondary N) is 1. The van der Waals surface area contributed by atoms with Gasteiger partial charge in [-0.1, -0.05) is 31.2 Å². The fourth-order valence-electron chi connectivity index (χ4n) is 3.55. The molecule has 1 atom stereocenters. The van der Waals surface area contributed by atoms with Crippen molar-refractivity contribution in [2.24, 2.45) is 0 Å². The van der Waals surface area contributed by atoms with Gasteiger partial charge < -0.3 is 16.0 Å². The Labute approximate surface area is 130 Å². The first-order valence-electron chi connectivity index (χ1n) is 7.85. The van der Waals surface area contributed by atoms with Crippen LogP contribution in [-0.2, 0) is 6.42 Å². The Hall–Kier alpha value is -2.14. The van der Waals surface area contributed by atoms with E-state index in [1.807, 2.05) is 7.05 Å². The normalized spacial score (nSPS) is 20.3. The van der Waals surface area contributed by atoms with Crippen molar-refractivity contribution in [1.82, 2.24) is 15.3 Å². The van der Waals surface area contributed by atoms with Gasteiger partial charge in [0.1, 0.15) is 5.82 Å². The minimum atomic E-state index is 0.367. The van der Waals surface area contributed by atoms with Gasteiger partial charge in [-0.3, -0.25) is 0 Å². The number of hydrogen-bond acceptors (Lipinski definition) is 5. The summed E-state index contributed by atoms with van der Waals surface area (Å²) in [7, 11) is 2.00. The monoisotopic (exact) mass is 295 g/mol. The topological polar surface area (TPSA) is 67.1 Å². The Bertz CT molecular complexity index is 721. The van der Waals surface area contributed by atoms with Crippen LogP contribution >= 0.6 is 0 Å². The molecule has 0 bridgehead atoms. The van der Waals surface area contributed by atoms with Crippen molar-refractivity contribution < 1.29 is 0 Å². The van der Waals surface area contributed by atoms with Crippen molar-refractivity contribution >= 4 is 11.8 Å². The van der Waals surface area contributed by atoms with Gasteiger partial charge in [0.25, 0.3) is 0 Å². The second-order valence-electron chi connectivity index (χ2n) is 6.32. The van der Waals surface area contributed by atoms with Gasteiger partial charge in [-0.05, 0) is 24.9 Å². The number of aromatic nitrogens is 2. The molecule has 1 aliphatic carbocycles. The fraction of sp³-hybridized carbons (Fsp3) is 0.412. The van der Waals surface area contributed by atoms with E-state index in [0.717, 1.165) is 31.0 Å². The van der Waals surface area contributed by atoms with Gasteiger partial charge in [-0.2, -0.15) is 4.98 Å². The number of nitrogens with two attached hydrogens (primary N) is 1. The van der Waals surface area contributed by atoms with E-state index >= 15 is 0 Å². The van der Waals surface area contributed by atoms with Crippen LogP contribution < -0.4 is 16.0 Å². The molecule has 2 heterocycles. The van der Waals surface area contributed by atoms with Gasteiger partial charge in [0.15, 0.2) is 0 Å². The van der Waals surface area contributed by atoms with Crippen LogP contribution in [0.2, 0.25) is 0 Å². The first-order valence-corrected chi connectivity index (χ1v) is 7.85. The zero-order chi connectivity index (χ0) is 15.3. The quantitative estimate of drug-likeness (QED) is 0.884. The Balaban J connectivity index is 1.83. The van der Waals surface area contributed by atoms with Crippen molar-refractivity contribution in [2.75, 3.05) is 30.8 Å². The van der Waals surface area contributed by atoms with Crippen LogP contribution in [0.4, 0.5) is 11.8 Å². The molecule has 2 aliphatic rings. The predicted molar refractivity (Wildman–Crippen MR) is 89.1 cm³/mol. The molecule has 1 aliphatic heterocycles. The molecule has 5 heteroatoms. The summed E-state index contributed by atoms with van der Waals surface area (Å²) in [5.74, 6) is 1.87. The predicted octanol–water partition coefficient (Wildman–Crippen LogP) is 1.79. The average molecular weight is 295 g/mol. The molecule has 5 nitrogen and oxygen atoms in total. The van der Waals surface area contributed by atoms with Gasteiger partial charge in [0.05, 0.1) is 5.69 Å². The maximum atomic E-state index is 5.99. The van der Waals surface area contributed by atoms with Gasteiger partial charge in [-0.25, -0.2) is 4.98 Å². The maximum Gasteiger partial charge on any atom is 0.222 e. The minimum Gasteiger partial charge on any atom is -0.368 e. The molecule has 3 N–H and O–H groups in total. The van der Waals surface area contributed by atoms with E-state index in [0.29, 0.717) is 17.9 Å². The number of hydrogen-bond donors (Lipinski definition) is 2. The molecular formula is C17H21N5. The standard InChI is InChI=1S/C17H21N5/c1-10-7-14-15(13-6-4-3-5-12(10)13)20-17(18)21-16(14)22-8-11(9-22)19-2/h3-6,10-11,19H,7-9H2,1-2H3,(H2,18,20,21). The zero-order valence-corrected chi connectivity index (χ0v) is 13.0. The van der Waals surface area contributed by atoms with Gasteiger partial charge >= 0.3 is 0 Å². The van der Waals surface area contributed by atoms with Gasteiger partial charge in [0.2, 0.25) is 5.95 Å². The lowest BCUT2D eigenvalue weighted by atomic mass is 9.82. The Morgan fingerprint density at radius 3 is 2.77 bits per heavy atom. The van der Waals surface area contributed by atoms with Crippen LogP contribution in [0.15, 0.2) is 24.3 Å². The summed E-state index contributed by atoms with van der Waals surface area (Å²) in [6, 6.07) is 9.05. The van der Waals surface area contributed by atoms with Crippen molar-refractivity contribution in [3.8, 4) is 11.3 Å². The third kappa shape index (κ3) is 1.96. The lowest BCUT2D eigenvalue weighted by Gasteiger charge is -2.41. The highest BCUT2D eigenvalue weighted by atomic mass is 15.3. The minimum absolute atomic E-state index is 0.367. The smallest absolute Gasteiger partial charge is 0.222 e. The van der Waals surface area contributed by atoms with Crippen molar-refractivity contribution in [3.05, 3.63) is 35.4 Å². The summed E-state index contributed by atoms with van der Waals surface area (Å²) >= 11 is 0. The molecule has 1 aromatic carbocycles. The average Bonchev–Trinajstić information content (AvgIpc) is 2.48. The van der Waals surface area contributed by atoms with Crippen molar-refractivity contribution in [1.29, 1.82) is 0 Å². The van der Waals surface area contributed by atoms with Gasteiger partial charge in [-0.15, -0.1) is 0 Å². The molecule has 114 valence electrons. The van der Waals surface area contributed by atoms with E-state index in [1.165, 1.54) is 16.7 Å². The van der Waals surface area contributed by atoms with Crippen LogP contribution in [0.5, 0.6) is 0 Å². The molecule has 0 amide bonds. The first kappa shape index (κ1) is 13.5. The molecule has 0 saturated carbocycles. The van der Waals surface area contributed by atoms with E-state index < -0.39 is 0 Å². The van der Waals surface area contributed by atoms with E-state index in [4.69, 9.17) is 5.73 Å². The molecule has 1 unspecified atom stereocenters. The second-order valence-corrected chi connectivity index (χ2v) is 6.32. The van der Waals surface area contributed by atoms with Crippen molar-refractivity contribution in [3.63, 3.8) is 0 Å². The lowest BCUT2D eigenvalue weighted by molar-refractivity contribution is 0.445. The van der Waals surface area contributed by atoms with Crippen LogP contribution in [0.1, 0.15) is 24.0 Å². The Morgan fingerprint density at radius 2 is 2.00 bits per heavy atom. The summed E-state index contributed by atoms with van der Waals surface area (Å²) in [6.45, 7) is 4.24. The summed E-state index contributed by atoms with van der Waals surface area (Å²) in [4.78, 5) is 11.4. The van der Waals surface area contributed by atoms with E-state index in [-0.39, 0.29) is 0 Å². The second kappa shape index (κ2) is 4.95. The molecule has 4 rings (SSSR count). The van der Waals surface area contributed by atoms with E-state index in [1.54, 1.807) is 0 Å². The largest absolute Gasteiger partial charge is 0.368 e. The number of nitrogen functional groups attached to an aromatic ring is 1. The highest BCUT2D eigenvalue weighted by molar-refractivity contribution is 5.76. The number of nitrogens with zero attached hydrogens (tertiary/aromatic N) is 3. The van der Waals surface area contributed by atoms with E-state index in [9.17, 15) is 0 Å². The molecule has 1 fully saturated rings. The summed E-state index contributed by atoms with van der Waals surface area (Å²) in [5.41, 5.74) is 10.8. The molecular weight excluding hydrogens is 274 g/mol. The number of benzene rings is 1. The van der Waals surface area contributed by atoms with Crippen LogP contribution in [0.3, 0.4) is 0 Å². The Morgan fingerprint density at radius 1 is 1.23 bits per heavy atom. The summed E-state index contributed by atoms with van der Waals surface area (Å²) in [5, 5.41) is 3.30.